The summed E-state index contributed by atoms with van der Waals surface area (Å²) in [7, 11) is 1.85. The molecule has 33 heavy (non-hydrogen) atoms. The number of carboxylic acid groups (broad SMARTS) is 1. The minimum atomic E-state index is -0.983. The Morgan fingerprint density at radius 2 is 1.82 bits per heavy atom. The van der Waals surface area contributed by atoms with Crippen LogP contribution in [-0.2, 0) is 7.05 Å². The van der Waals surface area contributed by atoms with Gasteiger partial charge < -0.3 is 9.84 Å². The molecular weight excluding hydrogens is 438 g/mol. The molecule has 2 N–H and O–H groups in total. The number of anilines is 1. The summed E-state index contributed by atoms with van der Waals surface area (Å²) in [5.74, 6) is 0.280. The molecule has 2 aromatic carbocycles. The van der Waals surface area contributed by atoms with E-state index in [9.17, 15) is 9.90 Å². The standard InChI is InChI=1S/C24H23N5O3S/c1-14-6-5-7-15(2)22(14)19-11-21(32-20-9-8-17(23(30)31)10-16(20)3)27-24(26-19)28-33-18-12-25-29(4)13-18/h5-13H,1-4H3,(H,30,31)(H,26,27,28). The number of carbonyl (C=O) groups is 1. The Labute approximate surface area is 195 Å². The van der Waals surface area contributed by atoms with Gasteiger partial charge in [0.1, 0.15) is 5.75 Å². The number of aromatic nitrogens is 4. The number of carboxylic acids is 1. The molecule has 0 amide bonds. The molecule has 0 aliphatic heterocycles. The van der Waals surface area contributed by atoms with Gasteiger partial charge in [-0.15, -0.1) is 0 Å². The predicted molar refractivity (Wildman–Crippen MR) is 128 cm³/mol. The van der Waals surface area contributed by atoms with Crippen LogP contribution in [0.2, 0.25) is 0 Å². The van der Waals surface area contributed by atoms with Gasteiger partial charge in [-0.05, 0) is 67.6 Å². The minimum Gasteiger partial charge on any atom is -0.478 e. The van der Waals surface area contributed by atoms with Crippen molar-refractivity contribution in [3.8, 4) is 22.9 Å². The van der Waals surface area contributed by atoms with Crippen molar-refractivity contribution in [1.82, 2.24) is 19.7 Å². The smallest absolute Gasteiger partial charge is 0.335 e. The number of aromatic carboxylic acids is 1. The molecule has 4 aromatic rings. The third-order valence-electron chi connectivity index (χ3n) is 5.02. The highest BCUT2D eigenvalue weighted by Crippen LogP contribution is 2.32. The normalized spacial score (nSPS) is 10.8. The summed E-state index contributed by atoms with van der Waals surface area (Å²) in [5, 5.41) is 13.4. The van der Waals surface area contributed by atoms with E-state index < -0.39 is 5.97 Å². The summed E-state index contributed by atoms with van der Waals surface area (Å²) in [5.41, 5.74) is 4.82. The lowest BCUT2D eigenvalue weighted by Crippen LogP contribution is -2.02. The minimum absolute atomic E-state index is 0.203. The Morgan fingerprint density at radius 3 is 2.45 bits per heavy atom. The van der Waals surface area contributed by atoms with Crippen molar-refractivity contribution >= 4 is 23.9 Å². The predicted octanol–water partition coefficient (Wildman–Crippen LogP) is 5.41. The Morgan fingerprint density at radius 1 is 1.06 bits per heavy atom. The number of benzene rings is 2. The Balaban J connectivity index is 1.71. The number of hydrogen-bond donors (Lipinski definition) is 2. The average molecular weight is 462 g/mol. The molecule has 0 unspecified atom stereocenters. The lowest BCUT2D eigenvalue weighted by molar-refractivity contribution is 0.0696. The van der Waals surface area contributed by atoms with E-state index in [4.69, 9.17) is 9.72 Å². The maximum absolute atomic E-state index is 11.2. The SMILES string of the molecule is Cc1cc(C(=O)O)ccc1Oc1cc(-c2c(C)cccc2C)nc(NSc2cnn(C)c2)n1. The summed E-state index contributed by atoms with van der Waals surface area (Å²) in [6.45, 7) is 5.88. The second kappa shape index (κ2) is 9.33. The third kappa shape index (κ3) is 5.15. The molecule has 168 valence electrons. The van der Waals surface area contributed by atoms with Gasteiger partial charge in [0, 0.05) is 24.9 Å². The van der Waals surface area contributed by atoms with Crippen molar-refractivity contribution < 1.29 is 14.6 Å². The highest BCUT2D eigenvalue weighted by Gasteiger charge is 2.14. The molecule has 0 aliphatic carbocycles. The van der Waals surface area contributed by atoms with E-state index in [2.05, 4.69) is 14.8 Å². The highest BCUT2D eigenvalue weighted by molar-refractivity contribution is 8.00. The topological polar surface area (TPSA) is 102 Å². The van der Waals surface area contributed by atoms with E-state index in [1.165, 1.54) is 18.0 Å². The van der Waals surface area contributed by atoms with Crippen LogP contribution in [-0.4, -0.2) is 30.8 Å². The zero-order valence-corrected chi connectivity index (χ0v) is 19.5. The molecule has 2 aromatic heterocycles. The van der Waals surface area contributed by atoms with Crippen LogP contribution in [0.3, 0.4) is 0 Å². The lowest BCUT2D eigenvalue weighted by atomic mass is 10.00. The van der Waals surface area contributed by atoms with Gasteiger partial charge in [0.05, 0.1) is 22.3 Å². The first-order chi connectivity index (χ1) is 15.8. The molecule has 0 fully saturated rings. The van der Waals surface area contributed by atoms with Gasteiger partial charge in [0.25, 0.3) is 0 Å². The number of rotatable bonds is 7. The second-order valence-corrected chi connectivity index (χ2v) is 8.50. The maximum atomic E-state index is 11.2. The van der Waals surface area contributed by atoms with Crippen LogP contribution >= 0.6 is 11.9 Å². The number of ether oxygens (including phenoxy) is 1. The van der Waals surface area contributed by atoms with Crippen LogP contribution in [0.5, 0.6) is 11.6 Å². The van der Waals surface area contributed by atoms with Crippen LogP contribution in [0.4, 0.5) is 5.95 Å². The molecule has 0 saturated carbocycles. The van der Waals surface area contributed by atoms with Crippen molar-refractivity contribution in [3.05, 3.63) is 77.1 Å². The van der Waals surface area contributed by atoms with Gasteiger partial charge in [-0.1, -0.05) is 18.2 Å². The fourth-order valence-electron chi connectivity index (χ4n) is 3.44. The fraction of sp³-hybridized carbons (Fsp3) is 0.167. The third-order valence-corrected chi connectivity index (χ3v) is 5.75. The van der Waals surface area contributed by atoms with E-state index >= 15 is 0 Å². The molecule has 0 aliphatic rings. The van der Waals surface area contributed by atoms with E-state index in [1.807, 2.05) is 45.3 Å². The molecule has 0 saturated heterocycles. The van der Waals surface area contributed by atoms with Crippen LogP contribution in [0.1, 0.15) is 27.0 Å². The molecule has 2 heterocycles. The summed E-state index contributed by atoms with van der Waals surface area (Å²) < 4.78 is 11.0. The fourth-order valence-corrected chi connectivity index (χ4v) is 4.04. The average Bonchev–Trinajstić information content (AvgIpc) is 3.18. The molecule has 4 rings (SSSR count). The van der Waals surface area contributed by atoms with E-state index in [-0.39, 0.29) is 5.56 Å². The Hall–Kier alpha value is -3.85. The van der Waals surface area contributed by atoms with E-state index in [0.717, 1.165) is 27.3 Å². The number of nitrogens with one attached hydrogen (secondary N) is 1. The molecular formula is C24H23N5O3S. The van der Waals surface area contributed by atoms with E-state index in [0.29, 0.717) is 23.1 Å². The monoisotopic (exact) mass is 461 g/mol. The van der Waals surface area contributed by atoms with Crippen molar-refractivity contribution in [1.29, 1.82) is 0 Å². The van der Waals surface area contributed by atoms with Crippen LogP contribution in [0.25, 0.3) is 11.3 Å². The zero-order valence-electron chi connectivity index (χ0n) is 18.7. The van der Waals surface area contributed by atoms with Crippen molar-refractivity contribution in [2.75, 3.05) is 4.72 Å². The van der Waals surface area contributed by atoms with E-state index in [1.54, 1.807) is 36.0 Å². The van der Waals surface area contributed by atoms with Gasteiger partial charge in [0.2, 0.25) is 11.8 Å². The first-order valence-corrected chi connectivity index (χ1v) is 11.0. The maximum Gasteiger partial charge on any atom is 0.335 e. The van der Waals surface area contributed by atoms with Gasteiger partial charge in [-0.25, -0.2) is 9.78 Å². The van der Waals surface area contributed by atoms with Crippen molar-refractivity contribution in [2.45, 2.75) is 25.7 Å². The van der Waals surface area contributed by atoms with Gasteiger partial charge in [0.15, 0.2) is 0 Å². The van der Waals surface area contributed by atoms with Gasteiger partial charge in [-0.3, -0.25) is 9.40 Å². The largest absolute Gasteiger partial charge is 0.478 e. The van der Waals surface area contributed by atoms with Gasteiger partial charge in [-0.2, -0.15) is 10.1 Å². The van der Waals surface area contributed by atoms with Crippen LogP contribution in [0, 0.1) is 20.8 Å². The first kappa shape index (κ1) is 22.3. The van der Waals surface area contributed by atoms with Crippen LogP contribution < -0.4 is 9.46 Å². The molecule has 0 bridgehead atoms. The molecule has 0 radical (unpaired) electrons. The molecule has 0 spiro atoms. The lowest BCUT2D eigenvalue weighted by Gasteiger charge is -2.14. The summed E-state index contributed by atoms with van der Waals surface area (Å²) >= 11 is 1.35. The second-order valence-electron chi connectivity index (χ2n) is 7.62. The molecule has 9 heteroatoms. The van der Waals surface area contributed by atoms with Crippen molar-refractivity contribution in [2.24, 2.45) is 7.05 Å². The number of hydrogen-bond acceptors (Lipinski definition) is 7. The molecule has 0 atom stereocenters. The zero-order chi connectivity index (χ0) is 23.5. The number of aryl methyl sites for hydroxylation is 4. The summed E-state index contributed by atoms with van der Waals surface area (Å²) in [4.78, 5) is 21.4. The Bertz CT molecular complexity index is 1320. The quantitative estimate of drug-likeness (QED) is 0.352. The molecule has 8 nitrogen and oxygen atoms in total. The van der Waals surface area contributed by atoms with Gasteiger partial charge >= 0.3 is 5.97 Å². The first-order valence-electron chi connectivity index (χ1n) is 10.2. The Kier molecular flexibility index (Phi) is 6.32. The number of nitrogens with zero attached hydrogens (tertiary/aromatic N) is 4. The summed E-state index contributed by atoms with van der Waals surface area (Å²) in [6, 6.07) is 12.6. The van der Waals surface area contributed by atoms with Crippen molar-refractivity contribution in [3.63, 3.8) is 0 Å². The highest BCUT2D eigenvalue weighted by atomic mass is 32.2. The van der Waals surface area contributed by atoms with Crippen LogP contribution in [0.15, 0.2) is 59.8 Å². The summed E-state index contributed by atoms with van der Waals surface area (Å²) in [6.07, 6.45) is 3.63.